The van der Waals surface area contributed by atoms with Crippen LogP contribution >= 0.6 is 0 Å². The second-order valence-corrected chi connectivity index (χ2v) is 8.43. The minimum absolute atomic E-state index is 0.0627. The molecular weight excluding hydrogens is 262 g/mol. The molecule has 0 fully saturated rings. The van der Waals surface area contributed by atoms with Gasteiger partial charge in [-0.05, 0) is 32.5 Å². The Balaban J connectivity index is 4.03. The van der Waals surface area contributed by atoms with Crippen LogP contribution in [-0.2, 0) is 10.0 Å². The lowest BCUT2D eigenvalue weighted by Crippen LogP contribution is -2.41. The Morgan fingerprint density at radius 3 is 2.26 bits per heavy atom. The average Bonchev–Trinajstić information content (AvgIpc) is 2.20. The van der Waals surface area contributed by atoms with Crippen LogP contribution in [0.5, 0.6) is 0 Å². The van der Waals surface area contributed by atoms with Crippen LogP contribution in [0, 0.1) is 5.41 Å². The molecule has 0 aliphatic rings. The van der Waals surface area contributed by atoms with Gasteiger partial charge in [0.1, 0.15) is 0 Å². The van der Waals surface area contributed by atoms with Crippen molar-refractivity contribution in [2.75, 3.05) is 39.5 Å². The van der Waals surface area contributed by atoms with Gasteiger partial charge in [0.2, 0.25) is 10.0 Å². The van der Waals surface area contributed by atoms with Crippen LogP contribution in [0.25, 0.3) is 0 Å². The predicted molar refractivity (Wildman–Crippen MR) is 81.9 cm³/mol. The van der Waals surface area contributed by atoms with Crippen molar-refractivity contribution in [2.45, 2.75) is 40.2 Å². The molecule has 0 saturated carbocycles. The molecule has 0 rings (SSSR count). The van der Waals surface area contributed by atoms with Crippen molar-refractivity contribution in [1.82, 2.24) is 14.9 Å². The molecule has 0 spiro atoms. The van der Waals surface area contributed by atoms with E-state index in [2.05, 4.69) is 42.6 Å². The molecule has 0 aromatic carbocycles. The summed E-state index contributed by atoms with van der Waals surface area (Å²) in [5, 5.41) is 3.22. The Morgan fingerprint density at radius 2 is 1.79 bits per heavy atom. The molecule has 0 atom stereocenters. The summed E-state index contributed by atoms with van der Waals surface area (Å²) in [6, 6.07) is 0.398. The Bertz CT molecular complexity index is 338. The maximum absolute atomic E-state index is 11.9. The smallest absolute Gasteiger partial charge is 0.211 e. The topological polar surface area (TPSA) is 61.4 Å². The number of sulfonamides is 1. The van der Waals surface area contributed by atoms with Gasteiger partial charge in [-0.3, -0.25) is 0 Å². The first-order valence-electron chi connectivity index (χ1n) is 6.89. The molecular formula is C13H31N3O2S. The molecule has 0 bridgehead atoms. The quantitative estimate of drug-likeness (QED) is 0.587. The second-order valence-electron chi connectivity index (χ2n) is 6.50. The third-order valence-electron chi connectivity index (χ3n) is 2.66. The van der Waals surface area contributed by atoms with Gasteiger partial charge in [0.25, 0.3) is 0 Å². The van der Waals surface area contributed by atoms with Crippen molar-refractivity contribution in [3.8, 4) is 0 Å². The fourth-order valence-corrected chi connectivity index (χ4v) is 3.22. The molecule has 116 valence electrons. The van der Waals surface area contributed by atoms with E-state index in [0.29, 0.717) is 19.0 Å². The predicted octanol–water partition coefficient (Wildman–Crippen LogP) is 0.882. The monoisotopic (exact) mass is 293 g/mol. The zero-order valence-electron chi connectivity index (χ0n) is 13.3. The fourth-order valence-electron chi connectivity index (χ4n) is 1.94. The third kappa shape index (κ3) is 11.4. The lowest BCUT2D eigenvalue weighted by Gasteiger charge is -2.28. The van der Waals surface area contributed by atoms with Gasteiger partial charge in [0, 0.05) is 19.1 Å². The van der Waals surface area contributed by atoms with Gasteiger partial charge in [0.05, 0.1) is 5.75 Å². The van der Waals surface area contributed by atoms with E-state index in [-0.39, 0.29) is 11.2 Å². The summed E-state index contributed by atoms with van der Waals surface area (Å²) in [4.78, 5) is 2.07. The maximum Gasteiger partial charge on any atom is 0.211 e. The van der Waals surface area contributed by atoms with Gasteiger partial charge in [-0.25, -0.2) is 13.1 Å². The van der Waals surface area contributed by atoms with Crippen LogP contribution in [0.3, 0.4) is 0 Å². The van der Waals surface area contributed by atoms with E-state index in [1.54, 1.807) is 0 Å². The van der Waals surface area contributed by atoms with Crippen LogP contribution in [0.2, 0.25) is 0 Å². The fraction of sp³-hybridized carbons (Fsp3) is 1.00. The maximum atomic E-state index is 11.9. The van der Waals surface area contributed by atoms with E-state index in [9.17, 15) is 8.42 Å². The molecule has 0 aliphatic carbocycles. The SMILES string of the molecule is CC(C)NCCCS(=O)(=O)NCC(C)(C)CN(C)C. The van der Waals surface area contributed by atoms with E-state index in [1.165, 1.54) is 0 Å². The first-order chi connectivity index (χ1) is 8.54. The van der Waals surface area contributed by atoms with Crippen LogP contribution < -0.4 is 10.0 Å². The molecule has 6 heteroatoms. The van der Waals surface area contributed by atoms with Gasteiger partial charge in [0.15, 0.2) is 0 Å². The highest BCUT2D eigenvalue weighted by Gasteiger charge is 2.21. The van der Waals surface area contributed by atoms with Gasteiger partial charge in [-0.2, -0.15) is 0 Å². The van der Waals surface area contributed by atoms with E-state index >= 15 is 0 Å². The number of nitrogens with one attached hydrogen (secondary N) is 2. The molecule has 0 heterocycles. The lowest BCUT2D eigenvalue weighted by molar-refractivity contribution is 0.242. The van der Waals surface area contributed by atoms with E-state index in [1.807, 2.05) is 14.1 Å². The van der Waals surface area contributed by atoms with Crippen molar-refractivity contribution in [3.63, 3.8) is 0 Å². The molecule has 19 heavy (non-hydrogen) atoms. The molecule has 5 nitrogen and oxygen atoms in total. The summed E-state index contributed by atoms with van der Waals surface area (Å²) in [5.74, 6) is 0.185. The van der Waals surface area contributed by atoms with Gasteiger partial charge < -0.3 is 10.2 Å². The summed E-state index contributed by atoms with van der Waals surface area (Å²) in [5.41, 5.74) is -0.0627. The van der Waals surface area contributed by atoms with E-state index in [4.69, 9.17) is 0 Å². The second kappa shape index (κ2) is 8.19. The van der Waals surface area contributed by atoms with Crippen molar-refractivity contribution in [1.29, 1.82) is 0 Å². The highest BCUT2D eigenvalue weighted by molar-refractivity contribution is 7.89. The zero-order chi connectivity index (χ0) is 15.1. The average molecular weight is 293 g/mol. The number of hydrogen-bond acceptors (Lipinski definition) is 4. The Hall–Kier alpha value is -0.170. The minimum Gasteiger partial charge on any atom is -0.314 e. The molecule has 0 unspecified atom stereocenters. The van der Waals surface area contributed by atoms with E-state index in [0.717, 1.165) is 13.1 Å². The Morgan fingerprint density at radius 1 is 1.21 bits per heavy atom. The molecule has 0 amide bonds. The van der Waals surface area contributed by atoms with Crippen molar-refractivity contribution in [2.24, 2.45) is 5.41 Å². The minimum atomic E-state index is -3.16. The summed E-state index contributed by atoms with van der Waals surface area (Å²) in [6.45, 7) is 10.3. The largest absolute Gasteiger partial charge is 0.314 e. The normalized spacial score (nSPS) is 13.5. The Kier molecular flexibility index (Phi) is 8.12. The van der Waals surface area contributed by atoms with E-state index < -0.39 is 10.0 Å². The summed E-state index contributed by atoms with van der Waals surface area (Å²) >= 11 is 0. The van der Waals surface area contributed by atoms with Crippen molar-refractivity contribution in [3.05, 3.63) is 0 Å². The molecule has 0 aliphatic heterocycles. The van der Waals surface area contributed by atoms with Crippen molar-refractivity contribution >= 4 is 10.0 Å². The van der Waals surface area contributed by atoms with Crippen LogP contribution in [0.15, 0.2) is 0 Å². The zero-order valence-corrected chi connectivity index (χ0v) is 14.1. The summed E-state index contributed by atoms with van der Waals surface area (Å²) in [6.07, 6.45) is 0.640. The number of rotatable bonds is 10. The molecule has 0 aromatic rings. The highest BCUT2D eigenvalue weighted by Crippen LogP contribution is 2.14. The highest BCUT2D eigenvalue weighted by atomic mass is 32.2. The Labute approximate surface area is 119 Å². The van der Waals surface area contributed by atoms with Crippen LogP contribution in [0.4, 0.5) is 0 Å². The number of nitrogens with zero attached hydrogens (tertiary/aromatic N) is 1. The standard InChI is InChI=1S/C13H31N3O2S/c1-12(2)14-8-7-9-19(17,18)15-10-13(3,4)11-16(5)6/h12,14-15H,7-11H2,1-6H3. The summed E-state index contributed by atoms with van der Waals surface area (Å²) in [7, 11) is 0.831. The molecule has 2 N–H and O–H groups in total. The first-order valence-corrected chi connectivity index (χ1v) is 8.55. The van der Waals surface area contributed by atoms with Gasteiger partial charge in [-0.15, -0.1) is 0 Å². The van der Waals surface area contributed by atoms with Crippen LogP contribution in [0.1, 0.15) is 34.1 Å². The van der Waals surface area contributed by atoms with Crippen molar-refractivity contribution < 1.29 is 8.42 Å². The number of hydrogen-bond donors (Lipinski definition) is 2. The third-order valence-corrected chi connectivity index (χ3v) is 4.07. The lowest BCUT2D eigenvalue weighted by atomic mass is 9.93. The van der Waals surface area contributed by atoms with Gasteiger partial charge >= 0.3 is 0 Å². The summed E-state index contributed by atoms with van der Waals surface area (Å²) < 4.78 is 26.4. The molecule has 0 saturated heterocycles. The first kappa shape index (κ1) is 18.8. The molecule has 0 radical (unpaired) electrons. The molecule has 0 aromatic heterocycles. The van der Waals surface area contributed by atoms with Gasteiger partial charge in [-0.1, -0.05) is 27.7 Å². The van der Waals surface area contributed by atoms with Crippen LogP contribution in [-0.4, -0.2) is 58.8 Å².